The van der Waals surface area contributed by atoms with E-state index in [-0.39, 0.29) is 5.69 Å². The zero-order valence-electron chi connectivity index (χ0n) is 14.8. The lowest BCUT2D eigenvalue weighted by molar-refractivity contribution is -0.137. The molecule has 0 unspecified atom stereocenters. The van der Waals surface area contributed by atoms with Crippen LogP contribution in [0.5, 0.6) is 0 Å². The fourth-order valence-corrected chi connectivity index (χ4v) is 2.65. The van der Waals surface area contributed by atoms with E-state index in [0.29, 0.717) is 17.0 Å². The number of rotatable bonds is 4. The summed E-state index contributed by atoms with van der Waals surface area (Å²) in [7, 11) is 3.59. The maximum Gasteiger partial charge on any atom is 0.418 e. The van der Waals surface area contributed by atoms with Crippen LogP contribution in [-0.4, -0.2) is 39.5 Å². The Bertz CT molecular complexity index is 982. The third-order valence-electron chi connectivity index (χ3n) is 4.05. The third-order valence-corrected chi connectivity index (χ3v) is 4.05. The zero-order chi connectivity index (χ0) is 19.8. The molecule has 2 heterocycles. The van der Waals surface area contributed by atoms with Gasteiger partial charge in [0.05, 0.1) is 17.6 Å². The third kappa shape index (κ3) is 3.55. The fourth-order valence-electron chi connectivity index (χ4n) is 2.65. The first kappa shape index (κ1) is 18.6. The van der Waals surface area contributed by atoms with E-state index in [2.05, 4.69) is 20.3 Å². The number of hydrogen-bond acceptors (Lipinski definition) is 5. The molecule has 3 rings (SSSR count). The minimum absolute atomic E-state index is 0.296. The lowest BCUT2D eigenvalue weighted by Gasteiger charge is -2.17. The molecule has 1 N–H and O–H groups in total. The van der Waals surface area contributed by atoms with Gasteiger partial charge >= 0.3 is 6.18 Å². The molecule has 3 aromatic rings. The van der Waals surface area contributed by atoms with Crippen molar-refractivity contribution < 1.29 is 18.0 Å². The van der Waals surface area contributed by atoms with Gasteiger partial charge in [0.2, 0.25) is 5.91 Å². The number of carbonyl (C=O) groups excluding carboxylic acids is 1. The van der Waals surface area contributed by atoms with E-state index >= 15 is 0 Å². The quantitative estimate of drug-likeness (QED) is 0.755. The first-order valence-electron chi connectivity index (χ1n) is 8.02. The molecule has 2 aromatic heterocycles. The summed E-state index contributed by atoms with van der Waals surface area (Å²) >= 11 is 0. The Morgan fingerprint density at radius 1 is 1.19 bits per heavy atom. The highest BCUT2D eigenvalue weighted by Crippen LogP contribution is 2.35. The van der Waals surface area contributed by atoms with Crippen LogP contribution < -0.4 is 10.2 Å². The molecule has 0 aliphatic carbocycles. The van der Waals surface area contributed by atoms with Crippen molar-refractivity contribution in [2.45, 2.75) is 19.1 Å². The molecule has 7 nitrogen and oxygen atoms in total. The van der Waals surface area contributed by atoms with Crippen molar-refractivity contribution in [1.29, 1.82) is 0 Å². The summed E-state index contributed by atoms with van der Waals surface area (Å²) in [5, 5.41) is 2.35. The van der Waals surface area contributed by atoms with Gasteiger partial charge in [0.15, 0.2) is 17.0 Å². The number of carbonyl (C=O) groups is 1. The maximum absolute atomic E-state index is 13.1. The van der Waals surface area contributed by atoms with Crippen LogP contribution in [0.15, 0.2) is 36.9 Å². The molecule has 27 heavy (non-hydrogen) atoms. The van der Waals surface area contributed by atoms with Gasteiger partial charge in [-0.2, -0.15) is 13.2 Å². The molecular formula is C17H17F3N6O. The number of nitrogens with one attached hydrogen (secondary N) is 1. The molecule has 1 amide bonds. The molecule has 10 heteroatoms. The standard InChI is InChI=1S/C17H17F3N6O/c1-10(16(27)24-12-7-5-4-6-11(12)17(18,19)20)26-9-23-13-14(25(2)3)21-8-22-15(13)26/h4-10H,1-3H3,(H,24,27)/t10-/m0/s1. The van der Waals surface area contributed by atoms with Crippen molar-refractivity contribution in [3.8, 4) is 0 Å². The van der Waals surface area contributed by atoms with E-state index in [1.54, 1.807) is 25.9 Å². The number of nitrogens with zero attached hydrogens (tertiary/aromatic N) is 5. The molecular weight excluding hydrogens is 361 g/mol. The summed E-state index contributed by atoms with van der Waals surface area (Å²) in [5.74, 6) is -0.0372. The highest BCUT2D eigenvalue weighted by molar-refractivity contribution is 5.95. The topological polar surface area (TPSA) is 75.9 Å². The number of halogens is 3. The number of hydrogen-bond donors (Lipinski definition) is 1. The fraction of sp³-hybridized carbons (Fsp3) is 0.294. The van der Waals surface area contributed by atoms with E-state index < -0.39 is 23.7 Å². The van der Waals surface area contributed by atoms with Crippen LogP contribution in [0.2, 0.25) is 0 Å². The first-order chi connectivity index (χ1) is 12.7. The predicted molar refractivity (Wildman–Crippen MR) is 94.4 cm³/mol. The van der Waals surface area contributed by atoms with E-state index in [1.807, 2.05) is 0 Å². The molecule has 0 spiro atoms. The van der Waals surface area contributed by atoms with Gasteiger partial charge in [-0.25, -0.2) is 15.0 Å². The highest BCUT2D eigenvalue weighted by Gasteiger charge is 2.34. The van der Waals surface area contributed by atoms with Gasteiger partial charge in [0.25, 0.3) is 0 Å². The molecule has 0 saturated heterocycles. The molecule has 0 fully saturated rings. The maximum atomic E-state index is 13.1. The van der Waals surface area contributed by atoms with Crippen molar-refractivity contribution >= 4 is 28.6 Å². The van der Waals surface area contributed by atoms with Crippen molar-refractivity contribution in [3.63, 3.8) is 0 Å². The Balaban J connectivity index is 1.92. The average Bonchev–Trinajstić information content (AvgIpc) is 3.04. The number of aromatic nitrogens is 4. The lowest BCUT2D eigenvalue weighted by atomic mass is 10.1. The second-order valence-corrected chi connectivity index (χ2v) is 6.12. The van der Waals surface area contributed by atoms with Crippen LogP contribution in [-0.2, 0) is 11.0 Å². The molecule has 142 valence electrons. The van der Waals surface area contributed by atoms with Crippen molar-refractivity contribution in [3.05, 3.63) is 42.5 Å². The molecule has 1 atom stereocenters. The summed E-state index contributed by atoms with van der Waals surface area (Å²) < 4.78 is 40.8. The Kier molecular flexibility index (Phi) is 4.73. The van der Waals surface area contributed by atoms with Gasteiger partial charge in [-0.1, -0.05) is 12.1 Å². The number of anilines is 2. The Hall–Kier alpha value is -3.17. The van der Waals surface area contributed by atoms with Gasteiger partial charge in [0, 0.05) is 14.1 Å². The monoisotopic (exact) mass is 378 g/mol. The predicted octanol–water partition coefficient (Wildman–Crippen LogP) is 3.11. The van der Waals surface area contributed by atoms with Crippen molar-refractivity contribution in [2.75, 3.05) is 24.3 Å². The molecule has 0 bridgehead atoms. The summed E-state index contributed by atoms with van der Waals surface area (Å²) in [6.45, 7) is 1.56. The number of fused-ring (bicyclic) bond motifs is 1. The summed E-state index contributed by atoms with van der Waals surface area (Å²) in [6.07, 6.45) is -1.80. The molecule has 0 radical (unpaired) electrons. The largest absolute Gasteiger partial charge is 0.418 e. The summed E-state index contributed by atoms with van der Waals surface area (Å²) in [6, 6.07) is 4.00. The normalized spacial score (nSPS) is 12.8. The second kappa shape index (κ2) is 6.86. The van der Waals surface area contributed by atoms with Crippen LogP contribution >= 0.6 is 0 Å². The van der Waals surface area contributed by atoms with Gasteiger partial charge < -0.3 is 14.8 Å². The highest BCUT2D eigenvalue weighted by atomic mass is 19.4. The van der Waals surface area contributed by atoms with E-state index in [1.165, 1.54) is 35.4 Å². The van der Waals surface area contributed by atoms with E-state index in [0.717, 1.165) is 6.07 Å². The van der Waals surface area contributed by atoms with Crippen LogP contribution in [0.25, 0.3) is 11.2 Å². The average molecular weight is 378 g/mol. The summed E-state index contributed by atoms with van der Waals surface area (Å²) in [4.78, 5) is 26.9. The molecule has 0 saturated carbocycles. The smallest absolute Gasteiger partial charge is 0.361 e. The number of imidazole rings is 1. The van der Waals surface area contributed by atoms with E-state index in [9.17, 15) is 18.0 Å². The molecule has 0 aliphatic rings. The molecule has 1 aromatic carbocycles. The van der Waals surface area contributed by atoms with Gasteiger partial charge in [-0.15, -0.1) is 0 Å². The van der Waals surface area contributed by atoms with Gasteiger partial charge in [-0.05, 0) is 19.1 Å². The lowest BCUT2D eigenvalue weighted by Crippen LogP contribution is -2.25. The van der Waals surface area contributed by atoms with Crippen molar-refractivity contribution in [1.82, 2.24) is 19.5 Å². The zero-order valence-corrected chi connectivity index (χ0v) is 14.8. The van der Waals surface area contributed by atoms with Crippen LogP contribution in [0.4, 0.5) is 24.7 Å². The first-order valence-corrected chi connectivity index (χ1v) is 8.02. The van der Waals surface area contributed by atoms with Crippen LogP contribution in [0.1, 0.15) is 18.5 Å². The number of para-hydroxylation sites is 1. The number of amides is 1. The number of alkyl halides is 3. The van der Waals surface area contributed by atoms with Crippen molar-refractivity contribution in [2.24, 2.45) is 0 Å². The van der Waals surface area contributed by atoms with Gasteiger partial charge in [-0.3, -0.25) is 4.79 Å². The second-order valence-electron chi connectivity index (χ2n) is 6.12. The minimum atomic E-state index is -4.57. The Morgan fingerprint density at radius 2 is 1.89 bits per heavy atom. The Morgan fingerprint density at radius 3 is 2.56 bits per heavy atom. The Labute approximate surface area is 152 Å². The SMILES string of the molecule is C[C@@H](C(=O)Nc1ccccc1C(F)(F)F)n1cnc2c(N(C)C)ncnc21. The molecule has 0 aliphatic heterocycles. The minimum Gasteiger partial charge on any atom is -0.361 e. The van der Waals surface area contributed by atoms with Gasteiger partial charge in [0.1, 0.15) is 12.4 Å². The van der Waals surface area contributed by atoms with Crippen LogP contribution in [0, 0.1) is 0 Å². The summed E-state index contributed by atoms with van der Waals surface area (Å²) in [5.41, 5.74) is -0.286. The van der Waals surface area contributed by atoms with Crippen LogP contribution in [0.3, 0.4) is 0 Å². The van der Waals surface area contributed by atoms with E-state index in [4.69, 9.17) is 0 Å². The number of benzene rings is 1.